The summed E-state index contributed by atoms with van der Waals surface area (Å²) >= 11 is 0. The highest BCUT2D eigenvalue weighted by Gasteiger charge is 2.28. The number of unbranched alkanes of at least 4 members (excludes halogenated alkanes) is 3. The van der Waals surface area contributed by atoms with Crippen molar-refractivity contribution in [3.8, 4) is 0 Å². The number of ether oxygens (including phenoxy) is 1. The summed E-state index contributed by atoms with van der Waals surface area (Å²) < 4.78 is 36.0. The Bertz CT molecular complexity index is 765. The van der Waals surface area contributed by atoms with E-state index in [4.69, 9.17) is 4.52 Å². The Balaban J connectivity index is 0.00000480. The van der Waals surface area contributed by atoms with E-state index < -0.39 is 10.0 Å². The van der Waals surface area contributed by atoms with Crippen LogP contribution in [-0.4, -0.2) is 81.1 Å². The number of nitrogens with zero attached hydrogens (tertiary/aromatic N) is 4. The summed E-state index contributed by atoms with van der Waals surface area (Å²) in [5.74, 6) is 0.512. The number of methoxy groups -OCH3 is 1. The number of hydrogen-bond acceptors (Lipinski definition) is 7. The molecular formula is C19H34IN5O5S. The predicted molar refractivity (Wildman–Crippen MR) is 129 cm³/mol. The number of aromatic nitrogens is 1. The molecule has 0 saturated carbocycles. The molecule has 1 saturated heterocycles. The summed E-state index contributed by atoms with van der Waals surface area (Å²) in [6.07, 6.45) is 5.61. The first kappa shape index (κ1) is 27.6. The van der Waals surface area contributed by atoms with Crippen molar-refractivity contribution in [2.24, 2.45) is 4.99 Å². The minimum atomic E-state index is -3.41. The second-order valence-corrected chi connectivity index (χ2v) is 9.08. The maximum atomic E-state index is 12.6. The lowest BCUT2D eigenvalue weighted by Crippen LogP contribution is -2.53. The Morgan fingerprint density at radius 2 is 1.94 bits per heavy atom. The smallest absolute Gasteiger partial charge is 0.305 e. The van der Waals surface area contributed by atoms with E-state index in [1.54, 1.807) is 6.07 Å². The lowest BCUT2D eigenvalue weighted by molar-refractivity contribution is -0.140. The Kier molecular flexibility index (Phi) is 13.0. The quantitative estimate of drug-likeness (QED) is 0.141. The van der Waals surface area contributed by atoms with E-state index in [2.05, 4.69) is 25.1 Å². The summed E-state index contributed by atoms with van der Waals surface area (Å²) in [6.45, 7) is 5.47. The normalized spacial score (nSPS) is 15.4. The van der Waals surface area contributed by atoms with Gasteiger partial charge in [-0.25, -0.2) is 8.42 Å². The third kappa shape index (κ3) is 9.73. The van der Waals surface area contributed by atoms with E-state index in [1.807, 2.05) is 6.92 Å². The predicted octanol–water partition coefficient (Wildman–Crippen LogP) is 1.83. The van der Waals surface area contributed by atoms with Crippen molar-refractivity contribution in [1.82, 2.24) is 19.7 Å². The number of nitrogens with one attached hydrogen (secondary N) is 1. The average Bonchev–Trinajstić information content (AvgIpc) is 3.24. The van der Waals surface area contributed by atoms with Crippen LogP contribution in [0.5, 0.6) is 0 Å². The monoisotopic (exact) mass is 571 g/mol. The fraction of sp³-hybridized carbons (Fsp3) is 0.737. The molecule has 2 heterocycles. The third-order valence-corrected chi connectivity index (χ3v) is 6.68. The van der Waals surface area contributed by atoms with Gasteiger partial charge in [-0.05, 0) is 19.8 Å². The summed E-state index contributed by atoms with van der Waals surface area (Å²) in [6, 6.07) is 1.57. The first-order valence-corrected chi connectivity index (χ1v) is 12.0. The molecular weight excluding hydrogens is 537 g/mol. The summed E-state index contributed by atoms with van der Waals surface area (Å²) in [5.41, 5.74) is 0.416. The Labute approximate surface area is 201 Å². The van der Waals surface area contributed by atoms with Crippen molar-refractivity contribution in [3.63, 3.8) is 0 Å². The van der Waals surface area contributed by atoms with Crippen LogP contribution in [0.4, 0.5) is 0 Å². The van der Waals surface area contributed by atoms with Gasteiger partial charge in [0.1, 0.15) is 12.0 Å². The Morgan fingerprint density at radius 3 is 2.55 bits per heavy atom. The lowest BCUT2D eigenvalue weighted by Gasteiger charge is -2.35. The summed E-state index contributed by atoms with van der Waals surface area (Å²) in [7, 11) is -2.01. The minimum absolute atomic E-state index is 0. The molecule has 0 aliphatic carbocycles. The number of esters is 1. The van der Waals surface area contributed by atoms with Crippen molar-refractivity contribution >= 4 is 45.9 Å². The molecule has 12 heteroatoms. The molecule has 31 heavy (non-hydrogen) atoms. The lowest BCUT2D eigenvalue weighted by atomic mass is 10.1. The Hall–Kier alpha value is -1.41. The van der Waals surface area contributed by atoms with Crippen molar-refractivity contribution in [2.75, 3.05) is 46.4 Å². The number of aliphatic imine (C=N–C) groups is 1. The SMILES string of the molecule is CCNC(=NCCCCCCC(=O)OC)N1CCN(S(=O)(=O)Cc2ccon2)CC1.I. The number of halogens is 1. The van der Waals surface area contributed by atoms with Gasteiger partial charge in [0.25, 0.3) is 0 Å². The van der Waals surface area contributed by atoms with E-state index in [9.17, 15) is 13.2 Å². The zero-order valence-corrected chi connectivity index (χ0v) is 21.4. The van der Waals surface area contributed by atoms with Gasteiger partial charge in [0, 0.05) is 51.8 Å². The second kappa shape index (κ2) is 14.6. The molecule has 1 aliphatic rings. The molecule has 10 nitrogen and oxygen atoms in total. The van der Waals surface area contributed by atoms with Gasteiger partial charge in [0.05, 0.1) is 12.8 Å². The van der Waals surface area contributed by atoms with Gasteiger partial charge in [-0.2, -0.15) is 4.31 Å². The summed E-state index contributed by atoms with van der Waals surface area (Å²) in [5, 5.41) is 6.99. The zero-order valence-electron chi connectivity index (χ0n) is 18.3. The van der Waals surface area contributed by atoms with Gasteiger partial charge < -0.3 is 19.5 Å². The molecule has 0 radical (unpaired) electrons. The highest BCUT2D eigenvalue weighted by molar-refractivity contribution is 14.0. The van der Waals surface area contributed by atoms with Crippen LogP contribution in [0.25, 0.3) is 0 Å². The van der Waals surface area contributed by atoms with E-state index in [0.717, 1.165) is 38.2 Å². The van der Waals surface area contributed by atoms with Crippen molar-refractivity contribution < 1.29 is 22.5 Å². The van der Waals surface area contributed by atoms with Gasteiger partial charge in [-0.3, -0.25) is 9.79 Å². The van der Waals surface area contributed by atoms with Gasteiger partial charge >= 0.3 is 5.97 Å². The van der Waals surface area contributed by atoms with Gasteiger partial charge in [0.15, 0.2) is 5.96 Å². The van der Waals surface area contributed by atoms with Crippen LogP contribution < -0.4 is 5.32 Å². The zero-order chi connectivity index (χ0) is 21.8. The Morgan fingerprint density at radius 1 is 1.23 bits per heavy atom. The molecule has 0 amide bonds. The third-order valence-electron chi connectivity index (χ3n) is 4.87. The first-order valence-electron chi connectivity index (χ1n) is 10.4. The van der Waals surface area contributed by atoms with Crippen LogP contribution in [0.15, 0.2) is 21.8 Å². The second-order valence-electron chi connectivity index (χ2n) is 7.11. The number of carbonyl (C=O) groups is 1. The largest absolute Gasteiger partial charge is 0.469 e. The molecule has 1 N–H and O–H groups in total. The first-order chi connectivity index (χ1) is 14.5. The minimum Gasteiger partial charge on any atom is -0.469 e. The highest BCUT2D eigenvalue weighted by atomic mass is 127. The fourth-order valence-corrected chi connectivity index (χ4v) is 4.64. The average molecular weight is 571 g/mol. The maximum Gasteiger partial charge on any atom is 0.305 e. The van der Waals surface area contributed by atoms with E-state index >= 15 is 0 Å². The van der Waals surface area contributed by atoms with E-state index in [0.29, 0.717) is 44.8 Å². The molecule has 0 bridgehead atoms. The van der Waals surface area contributed by atoms with Gasteiger partial charge in [-0.15, -0.1) is 24.0 Å². The molecule has 178 valence electrons. The van der Waals surface area contributed by atoms with E-state index in [-0.39, 0.29) is 35.7 Å². The van der Waals surface area contributed by atoms with Crippen molar-refractivity contribution in [1.29, 1.82) is 0 Å². The number of guanidine groups is 1. The molecule has 0 unspecified atom stereocenters. The van der Waals surface area contributed by atoms with Crippen LogP contribution in [0.3, 0.4) is 0 Å². The number of rotatable bonds is 11. The number of carbonyl (C=O) groups excluding carboxylic acids is 1. The standard InChI is InChI=1S/C19H33N5O5S.HI/c1-3-20-19(21-10-7-5-4-6-8-18(25)28-2)23-11-13-24(14-12-23)30(26,27)16-17-9-15-29-22-17;/h9,15H,3-8,10-14,16H2,1-2H3,(H,20,21);1H. The molecule has 0 atom stereocenters. The molecule has 1 aromatic heterocycles. The van der Waals surface area contributed by atoms with Crippen LogP contribution in [0.2, 0.25) is 0 Å². The topological polar surface area (TPSA) is 117 Å². The molecule has 1 aromatic rings. The number of hydrogen-bond donors (Lipinski definition) is 1. The molecule has 0 spiro atoms. The maximum absolute atomic E-state index is 12.6. The van der Waals surface area contributed by atoms with Crippen molar-refractivity contribution in [3.05, 3.63) is 18.0 Å². The molecule has 0 aromatic carbocycles. The highest BCUT2D eigenvalue weighted by Crippen LogP contribution is 2.13. The van der Waals surface area contributed by atoms with E-state index in [1.165, 1.54) is 17.7 Å². The van der Waals surface area contributed by atoms with Crippen LogP contribution in [-0.2, 0) is 25.3 Å². The molecule has 1 fully saturated rings. The van der Waals surface area contributed by atoms with Gasteiger partial charge in [-0.1, -0.05) is 18.0 Å². The number of sulfonamides is 1. The number of piperazine rings is 1. The van der Waals surface area contributed by atoms with Gasteiger partial charge in [0.2, 0.25) is 10.0 Å². The molecule has 1 aliphatic heterocycles. The summed E-state index contributed by atoms with van der Waals surface area (Å²) in [4.78, 5) is 17.9. The van der Waals surface area contributed by atoms with Crippen LogP contribution in [0, 0.1) is 0 Å². The van der Waals surface area contributed by atoms with Crippen LogP contribution >= 0.6 is 24.0 Å². The molecule has 2 rings (SSSR count). The fourth-order valence-electron chi connectivity index (χ4n) is 3.22. The van der Waals surface area contributed by atoms with Crippen molar-refractivity contribution in [2.45, 2.75) is 44.8 Å². The van der Waals surface area contributed by atoms with Crippen LogP contribution in [0.1, 0.15) is 44.7 Å².